The SMILES string of the molecule is CON(C)C(=O)c1cccc(C)c1Cl. The summed E-state index contributed by atoms with van der Waals surface area (Å²) in [6.07, 6.45) is 0. The zero-order valence-corrected chi connectivity index (χ0v) is 9.13. The molecule has 0 aromatic heterocycles. The van der Waals surface area contributed by atoms with Crippen LogP contribution < -0.4 is 0 Å². The van der Waals surface area contributed by atoms with Gasteiger partial charge in [-0.25, -0.2) is 5.06 Å². The van der Waals surface area contributed by atoms with Crippen LogP contribution in [0.25, 0.3) is 0 Å². The fraction of sp³-hybridized carbons (Fsp3) is 0.300. The molecule has 3 nitrogen and oxygen atoms in total. The molecule has 0 bridgehead atoms. The van der Waals surface area contributed by atoms with E-state index in [0.717, 1.165) is 10.6 Å². The van der Waals surface area contributed by atoms with Gasteiger partial charge in [-0.15, -0.1) is 0 Å². The maximum Gasteiger partial charge on any atom is 0.278 e. The zero-order valence-electron chi connectivity index (χ0n) is 8.37. The molecule has 0 radical (unpaired) electrons. The second kappa shape index (κ2) is 4.44. The maximum atomic E-state index is 11.7. The Bertz CT molecular complexity index is 352. The molecule has 0 heterocycles. The Labute approximate surface area is 88.2 Å². The van der Waals surface area contributed by atoms with Crippen LogP contribution in [-0.4, -0.2) is 25.1 Å². The number of aryl methyl sites for hydroxylation is 1. The molecule has 4 heteroatoms. The summed E-state index contributed by atoms with van der Waals surface area (Å²) in [6.45, 7) is 1.85. The summed E-state index contributed by atoms with van der Waals surface area (Å²) in [7, 11) is 2.97. The van der Waals surface area contributed by atoms with E-state index in [2.05, 4.69) is 0 Å². The van der Waals surface area contributed by atoms with Crippen molar-refractivity contribution in [3.05, 3.63) is 34.3 Å². The Hall–Kier alpha value is -1.06. The molecular formula is C10H12ClNO2. The van der Waals surface area contributed by atoms with Crippen LogP contribution in [0.5, 0.6) is 0 Å². The Balaban J connectivity index is 3.07. The Morgan fingerprint density at radius 3 is 2.71 bits per heavy atom. The van der Waals surface area contributed by atoms with Gasteiger partial charge in [-0.3, -0.25) is 9.63 Å². The van der Waals surface area contributed by atoms with Gasteiger partial charge >= 0.3 is 0 Å². The Morgan fingerprint density at radius 2 is 2.14 bits per heavy atom. The number of hydroxylamine groups is 2. The second-order valence-electron chi connectivity index (χ2n) is 2.92. The van der Waals surface area contributed by atoms with Crippen molar-refractivity contribution >= 4 is 17.5 Å². The van der Waals surface area contributed by atoms with Crippen molar-refractivity contribution in [3.8, 4) is 0 Å². The van der Waals surface area contributed by atoms with E-state index in [1.807, 2.05) is 13.0 Å². The van der Waals surface area contributed by atoms with Gasteiger partial charge in [-0.1, -0.05) is 23.7 Å². The summed E-state index contributed by atoms with van der Waals surface area (Å²) in [5.74, 6) is -0.249. The van der Waals surface area contributed by atoms with Crippen molar-refractivity contribution < 1.29 is 9.63 Å². The molecule has 0 saturated carbocycles. The lowest BCUT2D eigenvalue weighted by molar-refractivity contribution is -0.0756. The number of rotatable bonds is 2. The van der Waals surface area contributed by atoms with E-state index in [9.17, 15) is 4.79 Å². The van der Waals surface area contributed by atoms with Crippen LogP contribution in [0.3, 0.4) is 0 Å². The predicted octanol–water partition coefficient (Wildman–Crippen LogP) is 2.28. The number of halogens is 1. The molecule has 0 atom stereocenters. The van der Waals surface area contributed by atoms with Gasteiger partial charge in [-0.2, -0.15) is 0 Å². The van der Waals surface area contributed by atoms with Crippen LogP contribution in [0.15, 0.2) is 18.2 Å². The first-order valence-electron chi connectivity index (χ1n) is 4.15. The number of carbonyl (C=O) groups is 1. The first-order valence-corrected chi connectivity index (χ1v) is 4.53. The van der Waals surface area contributed by atoms with Gasteiger partial charge in [0.15, 0.2) is 0 Å². The van der Waals surface area contributed by atoms with Crippen LogP contribution in [0.1, 0.15) is 15.9 Å². The molecule has 76 valence electrons. The molecule has 0 spiro atoms. The van der Waals surface area contributed by atoms with Crippen molar-refractivity contribution in [2.75, 3.05) is 14.2 Å². The maximum absolute atomic E-state index is 11.7. The molecule has 0 fully saturated rings. The van der Waals surface area contributed by atoms with Gasteiger partial charge in [-0.05, 0) is 18.6 Å². The summed E-state index contributed by atoms with van der Waals surface area (Å²) in [6, 6.07) is 5.32. The Kier molecular flexibility index (Phi) is 3.49. The Morgan fingerprint density at radius 1 is 1.50 bits per heavy atom. The summed E-state index contributed by atoms with van der Waals surface area (Å²) < 4.78 is 0. The average Bonchev–Trinajstić information content (AvgIpc) is 2.20. The number of benzene rings is 1. The molecule has 0 aliphatic rings. The number of hydrogen-bond donors (Lipinski definition) is 0. The highest BCUT2D eigenvalue weighted by Crippen LogP contribution is 2.21. The van der Waals surface area contributed by atoms with E-state index in [1.165, 1.54) is 7.11 Å². The molecule has 1 amide bonds. The highest BCUT2D eigenvalue weighted by atomic mass is 35.5. The molecular weight excluding hydrogens is 202 g/mol. The van der Waals surface area contributed by atoms with Crippen molar-refractivity contribution in [2.45, 2.75) is 6.92 Å². The molecule has 0 N–H and O–H groups in total. The lowest BCUT2D eigenvalue weighted by Gasteiger charge is -2.14. The van der Waals surface area contributed by atoms with Crippen LogP contribution in [0.4, 0.5) is 0 Å². The molecule has 0 unspecified atom stereocenters. The van der Waals surface area contributed by atoms with E-state index in [1.54, 1.807) is 19.2 Å². The van der Waals surface area contributed by atoms with Crippen LogP contribution >= 0.6 is 11.6 Å². The number of nitrogens with zero attached hydrogens (tertiary/aromatic N) is 1. The fourth-order valence-electron chi connectivity index (χ4n) is 1.07. The first kappa shape index (κ1) is 11.0. The highest BCUT2D eigenvalue weighted by molar-refractivity contribution is 6.34. The second-order valence-corrected chi connectivity index (χ2v) is 3.30. The smallest absolute Gasteiger partial charge is 0.274 e. The zero-order chi connectivity index (χ0) is 10.7. The summed E-state index contributed by atoms with van der Waals surface area (Å²) in [4.78, 5) is 16.5. The third kappa shape index (κ3) is 2.05. The van der Waals surface area contributed by atoms with Crippen LogP contribution in [-0.2, 0) is 4.84 Å². The number of carbonyl (C=O) groups excluding carboxylic acids is 1. The third-order valence-electron chi connectivity index (χ3n) is 1.98. The largest absolute Gasteiger partial charge is 0.278 e. The third-order valence-corrected chi connectivity index (χ3v) is 2.48. The average molecular weight is 214 g/mol. The minimum absolute atomic E-state index is 0.249. The number of amides is 1. The minimum atomic E-state index is -0.249. The van der Waals surface area contributed by atoms with Gasteiger partial charge in [0.25, 0.3) is 5.91 Å². The molecule has 0 aliphatic carbocycles. The van der Waals surface area contributed by atoms with Crippen molar-refractivity contribution in [3.63, 3.8) is 0 Å². The summed E-state index contributed by atoms with van der Waals surface area (Å²) in [5.41, 5.74) is 1.33. The predicted molar refractivity (Wildman–Crippen MR) is 55.3 cm³/mol. The molecule has 0 aliphatic heterocycles. The van der Waals surface area contributed by atoms with Crippen molar-refractivity contribution in [1.82, 2.24) is 5.06 Å². The highest BCUT2D eigenvalue weighted by Gasteiger charge is 2.15. The fourth-order valence-corrected chi connectivity index (χ4v) is 1.27. The monoisotopic (exact) mass is 213 g/mol. The lowest BCUT2D eigenvalue weighted by Crippen LogP contribution is -2.25. The first-order chi connectivity index (χ1) is 6.57. The van der Waals surface area contributed by atoms with Crippen molar-refractivity contribution in [2.24, 2.45) is 0 Å². The van der Waals surface area contributed by atoms with Crippen molar-refractivity contribution in [1.29, 1.82) is 0 Å². The minimum Gasteiger partial charge on any atom is -0.274 e. The summed E-state index contributed by atoms with van der Waals surface area (Å²) >= 11 is 5.99. The summed E-state index contributed by atoms with van der Waals surface area (Å²) in [5, 5.41) is 1.61. The standard InChI is InChI=1S/C10H12ClNO2/c1-7-5-4-6-8(9(7)11)10(13)12(2)14-3/h4-6H,1-3H3. The molecule has 1 rings (SSSR count). The van der Waals surface area contributed by atoms with E-state index in [-0.39, 0.29) is 5.91 Å². The topological polar surface area (TPSA) is 29.5 Å². The van der Waals surface area contributed by atoms with Gasteiger partial charge < -0.3 is 0 Å². The molecule has 0 saturated heterocycles. The van der Waals surface area contributed by atoms with Crippen LogP contribution in [0.2, 0.25) is 5.02 Å². The van der Waals surface area contributed by atoms with E-state index in [0.29, 0.717) is 10.6 Å². The molecule has 1 aromatic rings. The number of hydrogen-bond acceptors (Lipinski definition) is 2. The lowest BCUT2D eigenvalue weighted by atomic mass is 10.1. The van der Waals surface area contributed by atoms with Gasteiger partial charge in [0.1, 0.15) is 0 Å². The van der Waals surface area contributed by atoms with E-state index in [4.69, 9.17) is 16.4 Å². The molecule has 1 aromatic carbocycles. The van der Waals surface area contributed by atoms with Crippen LogP contribution in [0, 0.1) is 6.92 Å². The van der Waals surface area contributed by atoms with Gasteiger partial charge in [0, 0.05) is 7.05 Å². The molecule has 14 heavy (non-hydrogen) atoms. The normalized spacial score (nSPS) is 10.0. The van der Waals surface area contributed by atoms with E-state index >= 15 is 0 Å². The van der Waals surface area contributed by atoms with E-state index < -0.39 is 0 Å². The van der Waals surface area contributed by atoms with Gasteiger partial charge in [0.2, 0.25) is 0 Å². The van der Waals surface area contributed by atoms with Gasteiger partial charge in [0.05, 0.1) is 17.7 Å². The quantitative estimate of drug-likeness (QED) is 0.706.